The smallest absolute Gasteiger partial charge is 0.322 e. The molecule has 0 unspecified atom stereocenters. The molecule has 25 heavy (non-hydrogen) atoms. The van der Waals surface area contributed by atoms with Crippen molar-refractivity contribution >= 4 is 11.9 Å². The van der Waals surface area contributed by atoms with Crippen molar-refractivity contribution in [3.05, 3.63) is 0 Å². The number of carbonyl (C=O) groups excluding carboxylic acids is 1. The van der Waals surface area contributed by atoms with Gasteiger partial charge in [-0.3, -0.25) is 15.0 Å². The highest BCUT2D eigenvalue weighted by atomic mass is 16.6. The molecule has 148 valence electrons. The average Bonchev–Trinajstić information content (AvgIpc) is 2.59. The molecule has 0 aliphatic heterocycles. The Morgan fingerprint density at radius 3 is 1.92 bits per heavy atom. The summed E-state index contributed by atoms with van der Waals surface area (Å²) in [5, 5.41) is 11.7. The van der Waals surface area contributed by atoms with Gasteiger partial charge >= 0.3 is 5.97 Å². The van der Waals surface area contributed by atoms with Gasteiger partial charge in [0, 0.05) is 13.7 Å². The Bertz CT molecular complexity index is 358. The van der Waals surface area contributed by atoms with Crippen molar-refractivity contribution in [2.24, 2.45) is 0 Å². The lowest BCUT2D eigenvalue weighted by Gasteiger charge is -2.16. The Balaban J connectivity index is 3.41. The molecule has 0 bridgehead atoms. The van der Waals surface area contributed by atoms with Gasteiger partial charge in [-0.25, -0.2) is 5.43 Å². The van der Waals surface area contributed by atoms with Crippen molar-refractivity contribution in [2.75, 3.05) is 59.9 Å². The van der Waals surface area contributed by atoms with E-state index in [0.717, 1.165) is 0 Å². The number of carboxylic acid groups (broad SMARTS) is 1. The largest absolute Gasteiger partial charge is 0.480 e. The van der Waals surface area contributed by atoms with Crippen molar-refractivity contribution in [2.45, 2.75) is 25.9 Å². The standard InChI is InChI=1S/C15H31N3O7/c1-12(14(19)18-17-13(2)15(20)21)16-4-5-23-8-9-25-11-10-24-7-6-22-3/h12-13,16-17H,4-11H2,1-3H3,(H,18,19)(H,20,21)/t12-,13+/m0/s1. The van der Waals surface area contributed by atoms with Gasteiger partial charge in [-0.15, -0.1) is 0 Å². The molecule has 0 saturated carbocycles. The first kappa shape index (κ1) is 23.7. The molecule has 0 heterocycles. The third-order valence-electron chi connectivity index (χ3n) is 3.05. The lowest BCUT2D eigenvalue weighted by molar-refractivity contribution is -0.139. The molecule has 0 rings (SSSR count). The minimum atomic E-state index is -1.04. The summed E-state index contributed by atoms with van der Waals surface area (Å²) < 4.78 is 20.8. The first-order valence-corrected chi connectivity index (χ1v) is 8.22. The second-order valence-electron chi connectivity index (χ2n) is 5.20. The molecule has 0 spiro atoms. The van der Waals surface area contributed by atoms with E-state index in [0.29, 0.717) is 52.8 Å². The number of ether oxygens (including phenoxy) is 4. The van der Waals surface area contributed by atoms with E-state index in [4.69, 9.17) is 24.1 Å². The number of amides is 1. The molecular formula is C15H31N3O7. The first-order valence-electron chi connectivity index (χ1n) is 8.22. The zero-order valence-electron chi connectivity index (χ0n) is 15.2. The minimum absolute atomic E-state index is 0.343. The summed E-state index contributed by atoms with van der Waals surface area (Å²) in [7, 11) is 1.62. The summed E-state index contributed by atoms with van der Waals surface area (Å²) in [6, 6.07) is -1.33. The zero-order valence-corrected chi connectivity index (χ0v) is 15.2. The van der Waals surface area contributed by atoms with Crippen molar-refractivity contribution in [3.63, 3.8) is 0 Å². The van der Waals surface area contributed by atoms with E-state index in [1.54, 1.807) is 14.0 Å². The fourth-order valence-electron chi connectivity index (χ4n) is 1.47. The van der Waals surface area contributed by atoms with Crippen LogP contribution in [-0.2, 0) is 28.5 Å². The maximum atomic E-state index is 11.7. The van der Waals surface area contributed by atoms with Crippen LogP contribution in [-0.4, -0.2) is 89.0 Å². The summed E-state index contributed by atoms with van der Waals surface area (Å²) in [6.45, 7) is 7.11. The molecule has 4 N–H and O–H groups in total. The van der Waals surface area contributed by atoms with Gasteiger partial charge in [0.15, 0.2) is 0 Å². The monoisotopic (exact) mass is 365 g/mol. The Labute approximate surface area is 148 Å². The van der Waals surface area contributed by atoms with Crippen molar-refractivity contribution in [1.29, 1.82) is 0 Å². The molecule has 0 aliphatic carbocycles. The van der Waals surface area contributed by atoms with Crippen LogP contribution in [0.15, 0.2) is 0 Å². The van der Waals surface area contributed by atoms with E-state index in [-0.39, 0.29) is 5.91 Å². The summed E-state index contributed by atoms with van der Waals surface area (Å²) in [5.74, 6) is -1.39. The molecule has 0 aromatic heterocycles. The SMILES string of the molecule is COCCOCCOCCOCCN[C@@H](C)C(=O)NN[C@H](C)C(=O)O. The van der Waals surface area contributed by atoms with Gasteiger partial charge in [-0.05, 0) is 13.8 Å². The molecule has 10 nitrogen and oxygen atoms in total. The molecule has 0 aromatic carbocycles. The van der Waals surface area contributed by atoms with Crippen molar-refractivity contribution in [3.8, 4) is 0 Å². The molecule has 1 amide bonds. The number of carbonyl (C=O) groups is 2. The predicted octanol–water partition coefficient (Wildman–Crippen LogP) is -1.25. The highest BCUT2D eigenvalue weighted by Crippen LogP contribution is 1.85. The van der Waals surface area contributed by atoms with Gasteiger partial charge in [0.25, 0.3) is 5.91 Å². The highest BCUT2D eigenvalue weighted by molar-refractivity contribution is 5.81. The average molecular weight is 365 g/mol. The molecule has 0 saturated heterocycles. The van der Waals surface area contributed by atoms with E-state index in [9.17, 15) is 9.59 Å². The Hall–Kier alpha value is -1.30. The summed E-state index contributed by atoms with van der Waals surface area (Å²) in [5.41, 5.74) is 4.75. The van der Waals surface area contributed by atoms with Crippen LogP contribution in [0, 0.1) is 0 Å². The summed E-state index contributed by atoms with van der Waals surface area (Å²) in [4.78, 5) is 22.3. The number of carboxylic acids is 1. The fraction of sp³-hybridized carbons (Fsp3) is 0.867. The molecule has 10 heteroatoms. The first-order chi connectivity index (χ1) is 12.0. The van der Waals surface area contributed by atoms with E-state index < -0.39 is 18.1 Å². The van der Waals surface area contributed by atoms with E-state index >= 15 is 0 Å². The van der Waals surface area contributed by atoms with Crippen LogP contribution in [0.2, 0.25) is 0 Å². The Kier molecular flexibility index (Phi) is 15.3. The van der Waals surface area contributed by atoms with Crippen LogP contribution in [0.25, 0.3) is 0 Å². The predicted molar refractivity (Wildman–Crippen MR) is 90.2 cm³/mol. The Morgan fingerprint density at radius 2 is 1.40 bits per heavy atom. The van der Waals surface area contributed by atoms with Crippen LogP contribution in [0.4, 0.5) is 0 Å². The topological polar surface area (TPSA) is 127 Å². The number of hydrazine groups is 1. The quantitative estimate of drug-likeness (QED) is 0.185. The van der Waals surface area contributed by atoms with Gasteiger partial charge < -0.3 is 29.4 Å². The van der Waals surface area contributed by atoms with Crippen molar-refractivity contribution < 1.29 is 33.6 Å². The highest BCUT2D eigenvalue weighted by Gasteiger charge is 2.15. The van der Waals surface area contributed by atoms with Crippen LogP contribution < -0.4 is 16.2 Å². The molecule has 2 atom stereocenters. The van der Waals surface area contributed by atoms with Gasteiger partial charge in [-0.1, -0.05) is 0 Å². The number of nitrogens with one attached hydrogen (secondary N) is 3. The van der Waals surface area contributed by atoms with Gasteiger partial charge in [0.2, 0.25) is 0 Å². The molecule has 0 aromatic rings. The van der Waals surface area contributed by atoms with Gasteiger partial charge in [-0.2, -0.15) is 0 Å². The van der Waals surface area contributed by atoms with Crippen LogP contribution in [0.1, 0.15) is 13.8 Å². The van der Waals surface area contributed by atoms with E-state index in [2.05, 4.69) is 16.2 Å². The van der Waals surface area contributed by atoms with Crippen molar-refractivity contribution in [1.82, 2.24) is 16.2 Å². The molecular weight excluding hydrogens is 334 g/mol. The maximum absolute atomic E-state index is 11.7. The summed E-state index contributed by atoms with van der Waals surface area (Å²) >= 11 is 0. The van der Waals surface area contributed by atoms with Gasteiger partial charge in [0.1, 0.15) is 6.04 Å². The zero-order chi connectivity index (χ0) is 18.9. The number of methoxy groups -OCH3 is 1. The van der Waals surface area contributed by atoms with Crippen LogP contribution in [0.5, 0.6) is 0 Å². The number of rotatable bonds is 17. The third kappa shape index (κ3) is 14.7. The number of hydrogen-bond acceptors (Lipinski definition) is 8. The van der Waals surface area contributed by atoms with Crippen LogP contribution in [0.3, 0.4) is 0 Å². The van der Waals surface area contributed by atoms with E-state index in [1.165, 1.54) is 6.92 Å². The second kappa shape index (κ2) is 16.2. The fourth-order valence-corrected chi connectivity index (χ4v) is 1.47. The number of aliphatic carboxylic acids is 1. The van der Waals surface area contributed by atoms with Gasteiger partial charge in [0.05, 0.1) is 52.3 Å². The lowest BCUT2D eigenvalue weighted by Crippen LogP contribution is -2.52. The lowest BCUT2D eigenvalue weighted by atomic mass is 10.3. The van der Waals surface area contributed by atoms with E-state index in [1.807, 2.05) is 0 Å². The second-order valence-corrected chi connectivity index (χ2v) is 5.20. The number of hydrogen-bond donors (Lipinski definition) is 4. The normalized spacial score (nSPS) is 13.4. The Morgan fingerprint density at radius 1 is 0.880 bits per heavy atom. The molecule has 0 radical (unpaired) electrons. The molecule has 0 aliphatic rings. The minimum Gasteiger partial charge on any atom is -0.480 e. The summed E-state index contributed by atoms with van der Waals surface area (Å²) in [6.07, 6.45) is 0. The third-order valence-corrected chi connectivity index (χ3v) is 3.05. The maximum Gasteiger partial charge on any atom is 0.322 e. The van der Waals surface area contributed by atoms with Crippen LogP contribution >= 0.6 is 0 Å². The molecule has 0 fully saturated rings.